The Bertz CT molecular complexity index is 853. The van der Waals surface area contributed by atoms with Gasteiger partial charge in [-0.25, -0.2) is 9.50 Å². The Hall–Kier alpha value is -2.67. The first-order valence-corrected chi connectivity index (χ1v) is 6.44. The summed E-state index contributed by atoms with van der Waals surface area (Å²) in [6.45, 7) is 5.96. The minimum Gasteiger partial charge on any atom is -0.231 e. The molecule has 3 aromatic rings. The molecule has 98 valence electrons. The molecule has 0 saturated heterocycles. The summed E-state index contributed by atoms with van der Waals surface area (Å²) in [4.78, 5) is 4.33. The first kappa shape index (κ1) is 12.4. The number of benzene rings is 1. The van der Waals surface area contributed by atoms with E-state index >= 15 is 0 Å². The number of hydrogen-bond acceptors (Lipinski definition) is 3. The second-order valence-corrected chi connectivity index (χ2v) is 4.96. The number of imidazole rings is 1. The Kier molecular flexibility index (Phi) is 2.76. The highest BCUT2D eigenvalue weighted by Crippen LogP contribution is 2.23. The third-order valence-electron chi connectivity index (χ3n) is 3.42. The summed E-state index contributed by atoms with van der Waals surface area (Å²) >= 11 is 0. The zero-order valence-corrected chi connectivity index (χ0v) is 11.7. The van der Waals surface area contributed by atoms with E-state index in [1.54, 1.807) is 4.52 Å². The van der Waals surface area contributed by atoms with Crippen LogP contribution in [0.1, 0.15) is 22.5 Å². The summed E-state index contributed by atoms with van der Waals surface area (Å²) in [5.74, 6) is 0. The lowest BCUT2D eigenvalue weighted by molar-refractivity contribution is 0.923. The summed E-state index contributed by atoms with van der Waals surface area (Å²) in [6, 6.07) is 12.3. The molecule has 4 heteroatoms. The predicted octanol–water partition coefficient (Wildman–Crippen LogP) is 3.19. The van der Waals surface area contributed by atoms with Crippen LogP contribution in [0.3, 0.4) is 0 Å². The van der Waals surface area contributed by atoms with Gasteiger partial charge in [-0.15, -0.1) is 0 Å². The van der Waals surface area contributed by atoms with E-state index in [0.717, 1.165) is 11.3 Å². The Labute approximate surface area is 117 Å². The van der Waals surface area contributed by atoms with E-state index in [9.17, 15) is 5.26 Å². The highest BCUT2D eigenvalue weighted by molar-refractivity contribution is 5.65. The van der Waals surface area contributed by atoms with Gasteiger partial charge in [0.15, 0.2) is 11.3 Å². The van der Waals surface area contributed by atoms with Gasteiger partial charge < -0.3 is 0 Å². The number of nitrogens with zero attached hydrogens (tertiary/aromatic N) is 4. The average Bonchev–Trinajstić information content (AvgIpc) is 2.73. The van der Waals surface area contributed by atoms with Gasteiger partial charge in [-0.2, -0.15) is 10.4 Å². The number of fused-ring (bicyclic) bond motifs is 1. The van der Waals surface area contributed by atoms with Crippen LogP contribution in [0.4, 0.5) is 0 Å². The van der Waals surface area contributed by atoms with Crippen molar-refractivity contribution in [3.8, 4) is 17.3 Å². The molecule has 0 radical (unpaired) electrons. The van der Waals surface area contributed by atoms with Crippen molar-refractivity contribution in [2.75, 3.05) is 0 Å². The lowest BCUT2D eigenvalue weighted by Gasteiger charge is -2.06. The van der Waals surface area contributed by atoms with Crippen molar-refractivity contribution >= 4 is 5.65 Å². The van der Waals surface area contributed by atoms with Crippen molar-refractivity contribution in [3.63, 3.8) is 0 Å². The number of aryl methyl sites for hydroxylation is 3. The smallest absolute Gasteiger partial charge is 0.165 e. The summed E-state index contributed by atoms with van der Waals surface area (Å²) < 4.78 is 1.62. The minimum absolute atomic E-state index is 0.492. The zero-order valence-electron chi connectivity index (χ0n) is 11.7. The highest BCUT2D eigenvalue weighted by atomic mass is 15.3. The molecule has 0 N–H and O–H groups in total. The zero-order chi connectivity index (χ0) is 14.3. The predicted molar refractivity (Wildman–Crippen MR) is 77.3 cm³/mol. The second-order valence-electron chi connectivity index (χ2n) is 4.96. The third kappa shape index (κ3) is 1.84. The Morgan fingerprint density at radius 2 is 1.90 bits per heavy atom. The van der Waals surface area contributed by atoms with E-state index in [2.05, 4.69) is 48.2 Å². The van der Waals surface area contributed by atoms with Crippen LogP contribution in [0.25, 0.3) is 16.9 Å². The fourth-order valence-electron chi connectivity index (χ4n) is 2.42. The van der Waals surface area contributed by atoms with Crippen molar-refractivity contribution < 1.29 is 0 Å². The van der Waals surface area contributed by atoms with Crippen molar-refractivity contribution in [2.45, 2.75) is 20.8 Å². The SMILES string of the molecule is Cc1ccc(-c2ccc3nc(C)c(C#N)n3n2)c(C)c1. The fourth-order valence-corrected chi connectivity index (χ4v) is 2.42. The minimum atomic E-state index is 0.492. The molecule has 2 aromatic heterocycles. The van der Waals surface area contributed by atoms with Crippen molar-refractivity contribution in [1.82, 2.24) is 14.6 Å². The number of hydrogen-bond donors (Lipinski definition) is 0. The number of aromatic nitrogens is 3. The van der Waals surface area contributed by atoms with Crippen LogP contribution in [0.5, 0.6) is 0 Å². The van der Waals surface area contributed by atoms with E-state index in [1.807, 2.05) is 19.1 Å². The maximum atomic E-state index is 9.21. The maximum Gasteiger partial charge on any atom is 0.165 e. The van der Waals surface area contributed by atoms with Gasteiger partial charge in [0.1, 0.15) is 6.07 Å². The average molecular weight is 262 g/mol. The summed E-state index contributed by atoms with van der Waals surface area (Å²) in [6.07, 6.45) is 0. The van der Waals surface area contributed by atoms with Gasteiger partial charge in [-0.3, -0.25) is 0 Å². The van der Waals surface area contributed by atoms with Crippen LogP contribution in [0.15, 0.2) is 30.3 Å². The van der Waals surface area contributed by atoms with Crippen molar-refractivity contribution in [1.29, 1.82) is 5.26 Å². The van der Waals surface area contributed by atoms with Gasteiger partial charge >= 0.3 is 0 Å². The summed E-state index contributed by atoms with van der Waals surface area (Å²) in [5.41, 5.74) is 6.23. The van der Waals surface area contributed by atoms with Crippen LogP contribution in [0, 0.1) is 32.1 Å². The molecule has 4 nitrogen and oxygen atoms in total. The monoisotopic (exact) mass is 262 g/mol. The molecular formula is C16H14N4. The molecule has 0 bridgehead atoms. The molecule has 0 amide bonds. The number of nitriles is 1. The number of rotatable bonds is 1. The normalized spacial score (nSPS) is 10.7. The molecule has 20 heavy (non-hydrogen) atoms. The Balaban J connectivity index is 2.25. The van der Waals surface area contributed by atoms with E-state index in [0.29, 0.717) is 17.0 Å². The molecule has 1 aromatic carbocycles. The van der Waals surface area contributed by atoms with Gasteiger partial charge in [0.05, 0.1) is 11.4 Å². The summed E-state index contributed by atoms with van der Waals surface area (Å²) in [5, 5.41) is 13.8. The van der Waals surface area contributed by atoms with Gasteiger partial charge in [0.2, 0.25) is 0 Å². The fraction of sp³-hybridized carbons (Fsp3) is 0.188. The van der Waals surface area contributed by atoms with Crippen molar-refractivity contribution in [3.05, 3.63) is 52.8 Å². The van der Waals surface area contributed by atoms with Crippen LogP contribution < -0.4 is 0 Å². The van der Waals surface area contributed by atoms with E-state index < -0.39 is 0 Å². The van der Waals surface area contributed by atoms with Crippen molar-refractivity contribution in [2.24, 2.45) is 0 Å². The van der Waals surface area contributed by atoms with E-state index in [-0.39, 0.29) is 0 Å². The van der Waals surface area contributed by atoms with Crippen LogP contribution in [0.2, 0.25) is 0 Å². The molecule has 0 spiro atoms. The third-order valence-corrected chi connectivity index (χ3v) is 3.42. The van der Waals surface area contributed by atoms with Gasteiger partial charge in [-0.05, 0) is 38.5 Å². The molecule has 0 saturated carbocycles. The molecule has 2 heterocycles. The molecule has 0 atom stereocenters. The highest BCUT2D eigenvalue weighted by Gasteiger charge is 2.11. The lowest BCUT2D eigenvalue weighted by Crippen LogP contribution is -1.98. The molecule has 0 aliphatic rings. The topological polar surface area (TPSA) is 54.0 Å². The van der Waals surface area contributed by atoms with Crippen LogP contribution in [-0.2, 0) is 0 Å². The molecule has 0 aliphatic heterocycles. The Morgan fingerprint density at radius 3 is 2.60 bits per heavy atom. The van der Waals surface area contributed by atoms with E-state index in [1.165, 1.54) is 11.1 Å². The largest absolute Gasteiger partial charge is 0.231 e. The van der Waals surface area contributed by atoms with Gasteiger partial charge in [0.25, 0.3) is 0 Å². The van der Waals surface area contributed by atoms with Crippen LogP contribution in [-0.4, -0.2) is 14.6 Å². The quantitative estimate of drug-likeness (QED) is 0.676. The molecule has 3 rings (SSSR count). The molecule has 0 unspecified atom stereocenters. The molecule has 0 fully saturated rings. The first-order chi connectivity index (χ1) is 9.60. The second kappa shape index (κ2) is 4.46. The molecular weight excluding hydrogens is 248 g/mol. The van der Waals surface area contributed by atoms with E-state index in [4.69, 9.17) is 0 Å². The summed E-state index contributed by atoms with van der Waals surface area (Å²) in [7, 11) is 0. The van der Waals surface area contributed by atoms with Crippen LogP contribution >= 0.6 is 0 Å². The van der Waals surface area contributed by atoms with Gasteiger partial charge in [0, 0.05) is 5.56 Å². The molecule has 0 aliphatic carbocycles. The Morgan fingerprint density at radius 1 is 1.10 bits per heavy atom. The lowest BCUT2D eigenvalue weighted by atomic mass is 10.0. The first-order valence-electron chi connectivity index (χ1n) is 6.44. The standard InChI is InChI=1S/C16H14N4/c1-10-4-5-13(11(2)8-10)14-6-7-16-18-12(3)15(9-17)20(16)19-14/h4-8H,1-3H3. The van der Waals surface area contributed by atoms with Gasteiger partial charge in [-0.1, -0.05) is 23.8 Å². The maximum absolute atomic E-state index is 9.21.